The lowest BCUT2D eigenvalue weighted by Crippen LogP contribution is -2.36. The van der Waals surface area contributed by atoms with Crippen LogP contribution in [0.25, 0.3) is 0 Å². The summed E-state index contributed by atoms with van der Waals surface area (Å²) < 4.78 is 4.84. The fourth-order valence-electron chi connectivity index (χ4n) is 1.81. The van der Waals surface area contributed by atoms with E-state index >= 15 is 0 Å². The number of rotatable bonds is 6. The van der Waals surface area contributed by atoms with Gasteiger partial charge in [0.25, 0.3) is 0 Å². The van der Waals surface area contributed by atoms with Gasteiger partial charge in [0.05, 0.1) is 12.7 Å². The molecule has 1 aliphatic rings. The monoisotopic (exact) mass is 247 g/mol. The summed E-state index contributed by atoms with van der Waals surface area (Å²) in [5, 5.41) is 9.96. The zero-order chi connectivity index (χ0) is 12.0. The Kier molecular flexibility index (Phi) is 6.16. The van der Waals surface area contributed by atoms with Crippen molar-refractivity contribution in [2.24, 2.45) is 5.73 Å². The van der Waals surface area contributed by atoms with Gasteiger partial charge in [-0.3, -0.25) is 4.79 Å². The van der Waals surface area contributed by atoms with Crippen LogP contribution in [0.5, 0.6) is 0 Å². The largest absolute Gasteiger partial charge is 0.466 e. The summed E-state index contributed by atoms with van der Waals surface area (Å²) >= 11 is 1.74. The van der Waals surface area contributed by atoms with Crippen molar-refractivity contribution in [2.75, 3.05) is 12.4 Å². The molecule has 0 aliphatic carbocycles. The molecule has 1 saturated heterocycles. The Balaban J connectivity index is 2.05. The van der Waals surface area contributed by atoms with Crippen molar-refractivity contribution in [3.8, 4) is 0 Å². The quantitative estimate of drug-likeness (QED) is 0.539. The predicted molar refractivity (Wildman–Crippen MR) is 65.3 cm³/mol. The predicted octanol–water partition coefficient (Wildman–Crippen LogP) is 0.913. The number of ether oxygens (including phenoxy) is 1. The van der Waals surface area contributed by atoms with Crippen LogP contribution in [0.4, 0.5) is 0 Å². The zero-order valence-electron chi connectivity index (χ0n) is 9.72. The maximum Gasteiger partial charge on any atom is 0.305 e. The third kappa shape index (κ3) is 4.31. The van der Waals surface area contributed by atoms with E-state index in [9.17, 15) is 9.90 Å². The van der Waals surface area contributed by atoms with Crippen LogP contribution in [0.2, 0.25) is 0 Å². The lowest BCUT2D eigenvalue weighted by Gasteiger charge is -2.15. The molecular weight excluding hydrogens is 226 g/mol. The lowest BCUT2D eigenvalue weighted by molar-refractivity contribution is -0.143. The zero-order valence-corrected chi connectivity index (χ0v) is 10.5. The first kappa shape index (κ1) is 13.8. The van der Waals surface area contributed by atoms with Gasteiger partial charge in [-0.2, -0.15) is 11.8 Å². The Morgan fingerprint density at radius 1 is 1.56 bits per heavy atom. The molecule has 0 bridgehead atoms. The number of aliphatic hydroxyl groups is 1. The van der Waals surface area contributed by atoms with Crippen LogP contribution in [0.3, 0.4) is 0 Å². The number of unbranched alkanes of at least 4 members (excludes halogenated alkanes) is 1. The molecule has 0 amide bonds. The number of nitrogens with two attached hydrogens (primary N) is 1. The molecule has 3 N–H and O–H groups in total. The van der Waals surface area contributed by atoms with Crippen LogP contribution in [0.15, 0.2) is 0 Å². The molecule has 0 radical (unpaired) electrons. The summed E-state index contributed by atoms with van der Waals surface area (Å²) in [5.74, 6) is 0.711. The van der Waals surface area contributed by atoms with Gasteiger partial charge in [0.1, 0.15) is 0 Å². The molecule has 4 nitrogen and oxygen atoms in total. The third-order valence-corrected chi connectivity index (χ3v) is 4.27. The summed E-state index contributed by atoms with van der Waals surface area (Å²) in [6, 6.07) is -0.0833. The molecule has 1 rings (SSSR count). The van der Waals surface area contributed by atoms with Gasteiger partial charge in [-0.25, -0.2) is 0 Å². The molecule has 3 atom stereocenters. The summed E-state index contributed by atoms with van der Waals surface area (Å²) in [6.07, 6.45) is 2.80. The first-order valence-electron chi connectivity index (χ1n) is 5.86. The molecule has 0 saturated carbocycles. The van der Waals surface area contributed by atoms with Crippen molar-refractivity contribution in [1.82, 2.24) is 0 Å². The normalized spacial score (nSPS) is 29.3. The molecule has 1 fully saturated rings. The smallest absolute Gasteiger partial charge is 0.305 e. The van der Waals surface area contributed by atoms with Gasteiger partial charge in [0.15, 0.2) is 0 Å². The van der Waals surface area contributed by atoms with E-state index in [0.717, 1.165) is 25.0 Å². The van der Waals surface area contributed by atoms with Gasteiger partial charge < -0.3 is 15.6 Å². The van der Waals surface area contributed by atoms with E-state index in [0.29, 0.717) is 13.0 Å². The van der Waals surface area contributed by atoms with Crippen molar-refractivity contribution in [1.29, 1.82) is 0 Å². The first-order valence-corrected chi connectivity index (χ1v) is 6.91. The van der Waals surface area contributed by atoms with Crippen LogP contribution >= 0.6 is 11.8 Å². The second-order valence-corrected chi connectivity index (χ2v) is 5.35. The van der Waals surface area contributed by atoms with Crippen molar-refractivity contribution < 1.29 is 14.6 Å². The van der Waals surface area contributed by atoms with Gasteiger partial charge in [0.2, 0.25) is 0 Å². The Morgan fingerprint density at radius 3 is 2.88 bits per heavy atom. The number of hydrogen-bond acceptors (Lipinski definition) is 5. The van der Waals surface area contributed by atoms with Crippen LogP contribution in [0.1, 0.15) is 32.6 Å². The molecule has 0 aromatic carbocycles. The van der Waals surface area contributed by atoms with E-state index in [1.807, 2.05) is 6.92 Å². The second-order valence-electron chi connectivity index (χ2n) is 4.08. The maximum absolute atomic E-state index is 11.1. The van der Waals surface area contributed by atoms with Gasteiger partial charge in [-0.1, -0.05) is 6.42 Å². The molecule has 94 valence electrons. The summed E-state index contributed by atoms with van der Waals surface area (Å²) in [5.41, 5.74) is 5.72. The molecule has 0 spiro atoms. The number of thioether (sulfide) groups is 1. The highest BCUT2D eigenvalue weighted by Crippen LogP contribution is 2.30. The topological polar surface area (TPSA) is 72.5 Å². The van der Waals surface area contributed by atoms with Crippen LogP contribution in [-0.2, 0) is 9.53 Å². The van der Waals surface area contributed by atoms with Crippen molar-refractivity contribution in [2.45, 2.75) is 50.0 Å². The number of hydrogen-bond donors (Lipinski definition) is 2. The highest BCUT2D eigenvalue weighted by molar-refractivity contribution is 8.00. The SMILES string of the molecule is CCOC(=O)CCCCC1SCC(N)C1O. The van der Waals surface area contributed by atoms with Crippen LogP contribution < -0.4 is 5.73 Å². The summed E-state index contributed by atoms with van der Waals surface area (Å²) in [7, 11) is 0. The average molecular weight is 247 g/mol. The Hall–Kier alpha value is -0.260. The van der Waals surface area contributed by atoms with E-state index in [-0.39, 0.29) is 23.4 Å². The molecule has 1 aliphatic heterocycles. The van der Waals surface area contributed by atoms with Gasteiger partial charge >= 0.3 is 5.97 Å². The number of aliphatic hydroxyl groups excluding tert-OH is 1. The second kappa shape index (κ2) is 7.14. The molecule has 0 aromatic heterocycles. The number of carbonyl (C=O) groups excluding carboxylic acids is 1. The summed E-state index contributed by atoms with van der Waals surface area (Å²) in [4.78, 5) is 11.1. The Labute approximate surface area is 101 Å². The molecule has 3 unspecified atom stereocenters. The van der Waals surface area contributed by atoms with E-state index in [4.69, 9.17) is 10.5 Å². The fraction of sp³-hybridized carbons (Fsp3) is 0.909. The average Bonchev–Trinajstić information content (AvgIpc) is 2.56. The van der Waals surface area contributed by atoms with Crippen molar-refractivity contribution in [3.05, 3.63) is 0 Å². The molecule has 16 heavy (non-hydrogen) atoms. The standard InChI is InChI=1S/C11H21NO3S/c1-2-15-10(13)6-4-3-5-9-11(14)8(12)7-16-9/h8-9,11,14H,2-7,12H2,1H3. The van der Waals surface area contributed by atoms with Crippen LogP contribution in [0, 0.1) is 0 Å². The van der Waals surface area contributed by atoms with E-state index < -0.39 is 0 Å². The highest BCUT2D eigenvalue weighted by atomic mass is 32.2. The van der Waals surface area contributed by atoms with E-state index in [1.54, 1.807) is 11.8 Å². The number of esters is 1. The number of carbonyl (C=O) groups is 1. The molecule has 0 aromatic rings. The summed E-state index contributed by atoms with van der Waals surface area (Å²) in [6.45, 7) is 2.26. The molecular formula is C11H21NO3S. The fourth-order valence-corrected chi connectivity index (χ4v) is 3.21. The first-order chi connectivity index (χ1) is 7.65. The molecule has 1 heterocycles. The minimum absolute atomic E-state index is 0.0833. The third-order valence-electron chi connectivity index (χ3n) is 2.75. The van der Waals surface area contributed by atoms with Gasteiger partial charge in [-0.05, 0) is 19.8 Å². The maximum atomic E-state index is 11.1. The van der Waals surface area contributed by atoms with Gasteiger partial charge in [-0.15, -0.1) is 0 Å². The highest BCUT2D eigenvalue weighted by Gasteiger charge is 2.32. The minimum atomic E-state index is -0.382. The Morgan fingerprint density at radius 2 is 2.31 bits per heavy atom. The van der Waals surface area contributed by atoms with E-state index in [1.165, 1.54) is 0 Å². The van der Waals surface area contributed by atoms with Crippen LogP contribution in [-0.4, -0.2) is 40.8 Å². The van der Waals surface area contributed by atoms with Gasteiger partial charge in [0, 0.05) is 23.5 Å². The lowest BCUT2D eigenvalue weighted by atomic mass is 10.0. The van der Waals surface area contributed by atoms with E-state index in [2.05, 4.69) is 0 Å². The van der Waals surface area contributed by atoms with Crippen molar-refractivity contribution in [3.63, 3.8) is 0 Å². The Bertz CT molecular complexity index is 225. The molecule has 5 heteroatoms. The minimum Gasteiger partial charge on any atom is -0.466 e. The van der Waals surface area contributed by atoms with Crippen molar-refractivity contribution >= 4 is 17.7 Å².